The highest BCUT2D eigenvalue weighted by Gasteiger charge is 2.36. The van der Waals surface area contributed by atoms with Gasteiger partial charge in [-0.1, -0.05) is 34.1 Å². The largest absolute Gasteiger partial charge is 0.389 e. The second-order valence-electron chi connectivity index (χ2n) is 4.39. The fourth-order valence-electron chi connectivity index (χ4n) is 2.18. The summed E-state index contributed by atoms with van der Waals surface area (Å²) < 4.78 is 1.08. The van der Waals surface area contributed by atoms with E-state index in [1.165, 1.54) is 5.56 Å². The fraction of sp³-hybridized carbons (Fsp3) is 0.500. The minimum atomic E-state index is -0.602. The lowest BCUT2D eigenvalue weighted by molar-refractivity contribution is 0.00761. The third-order valence-corrected chi connectivity index (χ3v) is 3.91. The van der Waals surface area contributed by atoms with Gasteiger partial charge in [0.05, 0.1) is 5.60 Å². The molecule has 1 saturated heterocycles. The number of nitrogens with one attached hydrogen (secondary N) is 1. The molecule has 3 heteroatoms. The Bertz CT molecular complexity index is 351. The van der Waals surface area contributed by atoms with Gasteiger partial charge in [0.25, 0.3) is 0 Å². The molecule has 1 aromatic rings. The number of hydrogen-bond donors (Lipinski definition) is 2. The van der Waals surface area contributed by atoms with Crippen molar-refractivity contribution in [3.05, 3.63) is 34.3 Å². The summed E-state index contributed by atoms with van der Waals surface area (Å²) in [7, 11) is 0. The van der Waals surface area contributed by atoms with Gasteiger partial charge in [0.1, 0.15) is 0 Å². The predicted octanol–water partition coefficient (Wildman–Crippen LogP) is 2.28. The molecule has 2 unspecified atom stereocenters. The maximum Gasteiger partial charge on any atom is 0.0712 e. The molecule has 1 heterocycles. The van der Waals surface area contributed by atoms with Crippen molar-refractivity contribution < 1.29 is 5.11 Å². The predicted molar refractivity (Wildman–Crippen MR) is 65.0 cm³/mol. The second kappa shape index (κ2) is 4.24. The van der Waals surface area contributed by atoms with Gasteiger partial charge >= 0.3 is 0 Å². The van der Waals surface area contributed by atoms with E-state index in [1.807, 2.05) is 25.1 Å². The summed E-state index contributed by atoms with van der Waals surface area (Å²) in [4.78, 5) is 0. The van der Waals surface area contributed by atoms with Crippen LogP contribution in [-0.2, 0) is 0 Å². The molecule has 1 aliphatic rings. The second-order valence-corrected chi connectivity index (χ2v) is 5.24. The zero-order valence-electron chi connectivity index (χ0n) is 8.83. The fourth-order valence-corrected chi connectivity index (χ4v) is 2.75. The van der Waals surface area contributed by atoms with Gasteiger partial charge in [-0.2, -0.15) is 0 Å². The summed E-state index contributed by atoms with van der Waals surface area (Å²) >= 11 is 3.54. The highest BCUT2D eigenvalue weighted by molar-refractivity contribution is 9.10. The van der Waals surface area contributed by atoms with Crippen LogP contribution in [0.5, 0.6) is 0 Å². The monoisotopic (exact) mass is 269 g/mol. The molecular formula is C12H16BrNO. The molecule has 1 fully saturated rings. The van der Waals surface area contributed by atoms with Gasteiger partial charge in [-0.3, -0.25) is 0 Å². The van der Waals surface area contributed by atoms with E-state index in [2.05, 4.69) is 27.3 Å². The van der Waals surface area contributed by atoms with Gasteiger partial charge in [-0.25, -0.2) is 0 Å². The first-order valence-electron chi connectivity index (χ1n) is 5.29. The summed E-state index contributed by atoms with van der Waals surface area (Å²) in [6.07, 6.45) is 0.805. The van der Waals surface area contributed by atoms with Crippen LogP contribution < -0.4 is 5.32 Å². The molecule has 1 aliphatic heterocycles. The van der Waals surface area contributed by atoms with E-state index in [9.17, 15) is 5.11 Å². The average molecular weight is 270 g/mol. The SMILES string of the molecule is CC1(O)CCNCC1c1ccccc1Br. The number of hydrogen-bond acceptors (Lipinski definition) is 2. The number of aliphatic hydroxyl groups is 1. The zero-order valence-corrected chi connectivity index (χ0v) is 10.4. The number of benzene rings is 1. The van der Waals surface area contributed by atoms with Gasteiger partial charge in [-0.15, -0.1) is 0 Å². The van der Waals surface area contributed by atoms with E-state index in [-0.39, 0.29) is 5.92 Å². The first kappa shape index (κ1) is 11.1. The Labute approximate surface area is 98.8 Å². The highest BCUT2D eigenvalue weighted by Crippen LogP contribution is 2.36. The normalized spacial score (nSPS) is 31.5. The Morgan fingerprint density at radius 1 is 1.47 bits per heavy atom. The van der Waals surface area contributed by atoms with Crippen molar-refractivity contribution in [2.75, 3.05) is 13.1 Å². The number of piperidine rings is 1. The third-order valence-electron chi connectivity index (χ3n) is 3.19. The minimum absolute atomic E-state index is 0.168. The maximum atomic E-state index is 10.4. The smallest absolute Gasteiger partial charge is 0.0712 e. The van der Waals surface area contributed by atoms with Crippen molar-refractivity contribution in [3.8, 4) is 0 Å². The molecule has 0 amide bonds. The van der Waals surface area contributed by atoms with Crippen molar-refractivity contribution >= 4 is 15.9 Å². The summed E-state index contributed by atoms with van der Waals surface area (Å²) in [5.41, 5.74) is 0.587. The lowest BCUT2D eigenvalue weighted by Gasteiger charge is -2.38. The van der Waals surface area contributed by atoms with E-state index in [0.29, 0.717) is 0 Å². The summed E-state index contributed by atoms with van der Waals surface area (Å²) in [5.74, 6) is 0.168. The quantitative estimate of drug-likeness (QED) is 0.820. The van der Waals surface area contributed by atoms with Crippen LogP contribution in [0.2, 0.25) is 0 Å². The molecule has 0 saturated carbocycles. The molecule has 2 N–H and O–H groups in total. The highest BCUT2D eigenvalue weighted by atomic mass is 79.9. The molecule has 2 nitrogen and oxygen atoms in total. The molecule has 15 heavy (non-hydrogen) atoms. The molecule has 82 valence electrons. The van der Waals surface area contributed by atoms with E-state index in [1.54, 1.807) is 0 Å². The van der Waals surface area contributed by atoms with Gasteiger partial charge in [0.15, 0.2) is 0 Å². The Morgan fingerprint density at radius 3 is 2.87 bits per heavy atom. The number of rotatable bonds is 1. The summed E-state index contributed by atoms with van der Waals surface area (Å²) in [6, 6.07) is 8.12. The maximum absolute atomic E-state index is 10.4. The summed E-state index contributed by atoms with van der Waals surface area (Å²) in [6.45, 7) is 3.67. The van der Waals surface area contributed by atoms with Gasteiger partial charge < -0.3 is 10.4 Å². The molecule has 0 aliphatic carbocycles. The topological polar surface area (TPSA) is 32.3 Å². The Hall–Kier alpha value is -0.380. The van der Waals surface area contributed by atoms with Crippen molar-refractivity contribution in [1.82, 2.24) is 5.32 Å². The standard InChI is InChI=1S/C12H16BrNO/c1-12(15)6-7-14-8-10(12)9-4-2-3-5-11(9)13/h2-5,10,14-15H,6-8H2,1H3. The van der Waals surface area contributed by atoms with Crippen LogP contribution in [-0.4, -0.2) is 23.8 Å². The van der Waals surface area contributed by atoms with Crippen LogP contribution in [0, 0.1) is 0 Å². The molecule has 0 aromatic heterocycles. The van der Waals surface area contributed by atoms with Crippen LogP contribution in [0.25, 0.3) is 0 Å². The van der Waals surface area contributed by atoms with Crippen LogP contribution in [0.3, 0.4) is 0 Å². The third kappa shape index (κ3) is 2.25. The van der Waals surface area contributed by atoms with Crippen molar-refractivity contribution in [1.29, 1.82) is 0 Å². The van der Waals surface area contributed by atoms with E-state index >= 15 is 0 Å². The Balaban J connectivity index is 2.33. The van der Waals surface area contributed by atoms with Gasteiger partial charge in [0.2, 0.25) is 0 Å². The van der Waals surface area contributed by atoms with Crippen molar-refractivity contribution in [2.24, 2.45) is 0 Å². The van der Waals surface area contributed by atoms with Gasteiger partial charge in [0, 0.05) is 16.9 Å². The van der Waals surface area contributed by atoms with Crippen molar-refractivity contribution in [3.63, 3.8) is 0 Å². The first-order chi connectivity index (χ1) is 7.11. The number of halogens is 1. The molecule has 1 aromatic carbocycles. The van der Waals surface area contributed by atoms with E-state index < -0.39 is 5.60 Å². The molecule has 0 radical (unpaired) electrons. The molecule has 0 spiro atoms. The lowest BCUT2D eigenvalue weighted by Crippen LogP contribution is -2.46. The van der Waals surface area contributed by atoms with Crippen LogP contribution in [0.4, 0.5) is 0 Å². The average Bonchev–Trinajstić information content (AvgIpc) is 2.19. The molecule has 2 atom stereocenters. The summed E-state index contributed by atoms with van der Waals surface area (Å²) in [5, 5.41) is 13.7. The molecule has 2 rings (SSSR count). The molecule has 0 bridgehead atoms. The van der Waals surface area contributed by atoms with Crippen LogP contribution in [0.15, 0.2) is 28.7 Å². The van der Waals surface area contributed by atoms with Crippen molar-refractivity contribution in [2.45, 2.75) is 24.9 Å². The van der Waals surface area contributed by atoms with Gasteiger partial charge in [-0.05, 0) is 31.5 Å². The zero-order chi connectivity index (χ0) is 10.9. The Morgan fingerprint density at radius 2 is 2.20 bits per heavy atom. The van der Waals surface area contributed by atoms with Crippen LogP contribution >= 0.6 is 15.9 Å². The minimum Gasteiger partial charge on any atom is -0.389 e. The molecular weight excluding hydrogens is 254 g/mol. The van der Waals surface area contributed by atoms with E-state index in [0.717, 1.165) is 24.0 Å². The lowest BCUT2D eigenvalue weighted by atomic mass is 9.79. The van der Waals surface area contributed by atoms with E-state index in [4.69, 9.17) is 0 Å². The Kier molecular flexibility index (Phi) is 3.14. The first-order valence-corrected chi connectivity index (χ1v) is 6.08. The van der Waals surface area contributed by atoms with Crippen LogP contribution in [0.1, 0.15) is 24.8 Å².